The number of urea groups is 1. The molecule has 1 saturated heterocycles. The first-order valence-corrected chi connectivity index (χ1v) is 9.09. The molecule has 0 aliphatic carbocycles. The molecule has 2 atom stereocenters. The predicted octanol–water partition coefficient (Wildman–Crippen LogP) is 2.43. The highest BCUT2D eigenvalue weighted by Crippen LogP contribution is 2.28. The molecule has 7 nitrogen and oxygen atoms in total. The minimum Gasteiger partial charge on any atom is -0.493 e. The SMILES string of the molecule is C/C=C\c1ccc(OC[C@H](O)CN2C(=O)N[C@@H](CC(C)C)C2=O)c(OC)c1. The van der Waals surface area contributed by atoms with Crippen LogP contribution in [0.2, 0.25) is 0 Å². The number of hydrogen-bond acceptors (Lipinski definition) is 5. The zero-order valence-electron chi connectivity index (χ0n) is 16.3. The second-order valence-electron chi connectivity index (χ2n) is 6.96. The molecule has 1 aromatic rings. The summed E-state index contributed by atoms with van der Waals surface area (Å²) in [7, 11) is 1.54. The number of hydrogen-bond donors (Lipinski definition) is 2. The number of aliphatic hydroxyl groups excluding tert-OH is 1. The molecule has 27 heavy (non-hydrogen) atoms. The highest BCUT2D eigenvalue weighted by molar-refractivity contribution is 6.04. The average molecular weight is 376 g/mol. The molecule has 2 rings (SSSR count). The summed E-state index contributed by atoms with van der Waals surface area (Å²) in [5.74, 6) is 1.01. The number of carbonyl (C=O) groups excluding carboxylic acids is 2. The summed E-state index contributed by atoms with van der Waals surface area (Å²) in [6.45, 7) is 5.72. The first-order chi connectivity index (χ1) is 12.8. The standard InChI is InChI=1S/C20H28N2O5/c1-5-6-14-7-8-17(18(10-14)26-4)27-12-15(23)11-22-19(24)16(9-13(2)3)21-20(22)25/h5-8,10,13,15-16,23H,9,11-12H2,1-4H3,(H,21,25)/b6-5-/t15-,16+/m1/s1. The van der Waals surface area contributed by atoms with Gasteiger partial charge in [-0.05, 0) is 37.0 Å². The summed E-state index contributed by atoms with van der Waals surface area (Å²) in [6.07, 6.45) is 3.43. The van der Waals surface area contributed by atoms with Crippen LogP contribution in [0, 0.1) is 5.92 Å². The maximum Gasteiger partial charge on any atom is 0.324 e. The Morgan fingerprint density at radius 1 is 1.30 bits per heavy atom. The van der Waals surface area contributed by atoms with Crippen molar-refractivity contribution in [1.29, 1.82) is 0 Å². The number of nitrogens with one attached hydrogen (secondary N) is 1. The maximum atomic E-state index is 12.3. The molecular weight excluding hydrogens is 348 g/mol. The Hall–Kier alpha value is -2.54. The van der Waals surface area contributed by atoms with Crippen LogP contribution in [0.25, 0.3) is 6.08 Å². The molecule has 0 spiro atoms. The van der Waals surface area contributed by atoms with Crippen LogP contribution in [-0.4, -0.2) is 54.4 Å². The van der Waals surface area contributed by atoms with Crippen molar-refractivity contribution in [3.05, 3.63) is 29.8 Å². The molecule has 1 fully saturated rings. The van der Waals surface area contributed by atoms with E-state index in [1.54, 1.807) is 13.2 Å². The van der Waals surface area contributed by atoms with Crippen LogP contribution >= 0.6 is 0 Å². The normalized spacial score (nSPS) is 18.3. The van der Waals surface area contributed by atoms with Gasteiger partial charge >= 0.3 is 6.03 Å². The van der Waals surface area contributed by atoms with E-state index in [1.165, 1.54) is 0 Å². The second kappa shape index (κ2) is 9.41. The maximum absolute atomic E-state index is 12.3. The lowest BCUT2D eigenvalue weighted by molar-refractivity contribution is -0.128. The Kier molecular flexibility index (Phi) is 7.24. The molecule has 0 aromatic heterocycles. The Morgan fingerprint density at radius 2 is 2.04 bits per heavy atom. The van der Waals surface area contributed by atoms with Gasteiger partial charge in [-0.3, -0.25) is 9.69 Å². The van der Waals surface area contributed by atoms with Crippen LogP contribution in [0.5, 0.6) is 11.5 Å². The minimum absolute atomic E-state index is 0.0643. The van der Waals surface area contributed by atoms with E-state index in [-0.39, 0.29) is 25.0 Å². The molecule has 2 N–H and O–H groups in total. The molecule has 3 amide bonds. The summed E-state index contributed by atoms with van der Waals surface area (Å²) in [5.41, 5.74) is 0.970. The number of ether oxygens (including phenoxy) is 2. The topological polar surface area (TPSA) is 88.1 Å². The van der Waals surface area contributed by atoms with Gasteiger partial charge in [0.15, 0.2) is 11.5 Å². The summed E-state index contributed by atoms with van der Waals surface area (Å²) in [6, 6.07) is 4.46. The smallest absolute Gasteiger partial charge is 0.324 e. The highest BCUT2D eigenvalue weighted by Gasteiger charge is 2.38. The first kappa shape index (κ1) is 20.8. The van der Waals surface area contributed by atoms with Gasteiger partial charge in [-0.15, -0.1) is 0 Å². The number of nitrogens with zero attached hydrogens (tertiary/aromatic N) is 1. The number of aliphatic hydroxyl groups is 1. The fourth-order valence-electron chi connectivity index (χ4n) is 2.93. The summed E-state index contributed by atoms with van der Waals surface area (Å²) >= 11 is 0. The van der Waals surface area contributed by atoms with Crippen molar-refractivity contribution in [3.63, 3.8) is 0 Å². The van der Waals surface area contributed by atoms with Gasteiger partial charge in [0.05, 0.1) is 13.7 Å². The third kappa shape index (κ3) is 5.47. The molecule has 148 valence electrons. The monoisotopic (exact) mass is 376 g/mol. The van der Waals surface area contributed by atoms with Crippen LogP contribution in [0.4, 0.5) is 4.79 Å². The van der Waals surface area contributed by atoms with Crippen molar-refractivity contribution in [2.75, 3.05) is 20.3 Å². The minimum atomic E-state index is -1.00. The van der Waals surface area contributed by atoms with Gasteiger partial charge in [0.1, 0.15) is 18.8 Å². The molecular formula is C20H28N2O5. The number of allylic oxidation sites excluding steroid dienone is 1. The molecule has 1 aliphatic heterocycles. The van der Waals surface area contributed by atoms with Crippen LogP contribution in [0.15, 0.2) is 24.3 Å². The van der Waals surface area contributed by atoms with E-state index in [4.69, 9.17) is 9.47 Å². The number of amides is 3. The highest BCUT2D eigenvalue weighted by atomic mass is 16.5. The Balaban J connectivity index is 1.93. The summed E-state index contributed by atoms with van der Waals surface area (Å²) in [5, 5.41) is 12.9. The quantitative estimate of drug-likeness (QED) is 0.646. The first-order valence-electron chi connectivity index (χ1n) is 9.09. The number of β-amino-alcohol motifs (C(OH)–C–C–N with tert-alkyl or cyclic N) is 1. The average Bonchev–Trinajstić information content (AvgIpc) is 2.87. The molecule has 1 aliphatic rings. The number of imide groups is 1. The predicted molar refractivity (Wildman–Crippen MR) is 103 cm³/mol. The van der Waals surface area contributed by atoms with Crippen molar-refractivity contribution in [3.8, 4) is 11.5 Å². The molecule has 1 heterocycles. The van der Waals surface area contributed by atoms with Crippen LogP contribution < -0.4 is 14.8 Å². The second-order valence-corrected chi connectivity index (χ2v) is 6.96. The summed E-state index contributed by atoms with van der Waals surface area (Å²) < 4.78 is 10.9. The Bertz CT molecular complexity index is 702. The number of carbonyl (C=O) groups is 2. The van der Waals surface area contributed by atoms with E-state index >= 15 is 0 Å². The number of rotatable bonds is 9. The van der Waals surface area contributed by atoms with Gasteiger partial charge in [0.25, 0.3) is 5.91 Å². The molecule has 7 heteroatoms. The van der Waals surface area contributed by atoms with E-state index < -0.39 is 18.2 Å². The van der Waals surface area contributed by atoms with Crippen molar-refractivity contribution in [2.24, 2.45) is 5.92 Å². The molecule has 0 saturated carbocycles. The summed E-state index contributed by atoms with van der Waals surface area (Å²) in [4.78, 5) is 25.4. The third-order valence-electron chi connectivity index (χ3n) is 4.19. The molecule has 0 bridgehead atoms. The van der Waals surface area contributed by atoms with E-state index in [1.807, 2.05) is 45.1 Å². The van der Waals surface area contributed by atoms with Crippen molar-refractivity contribution < 1.29 is 24.2 Å². The van der Waals surface area contributed by atoms with Gasteiger partial charge in [-0.1, -0.05) is 32.1 Å². The van der Waals surface area contributed by atoms with Crippen molar-refractivity contribution in [2.45, 2.75) is 39.3 Å². The lowest BCUT2D eigenvalue weighted by Gasteiger charge is -2.19. The van der Waals surface area contributed by atoms with Crippen molar-refractivity contribution >= 4 is 18.0 Å². The zero-order chi connectivity index (χ0) is 20.0. The van der Waals surface area contributed by atoms with E-state index in [0.717, 1.165) is 10.5 Å². The fourth-order valence-corrected chi connectivity index (χ4v) is 2.93. The molecule has 0 radical (unpaired) electrons. The number of methoxy groups -OCH3 is 1. The van der Waals surface area contributed by atoms with Gasteiger partial charge < -0.3 is 19.9 Å². The molecule has 1 aromatic carbocycles. The van der Waals surface area contributed by atoms with Gasteiger partial charge in [-0.2, -0.15) is 0 Å². The van der Waals surface area contributed by atoms with Gasteiger partial charge in [0.2, 0.25) is 0 Å². The van der Waals surface area contributed by atoms with Crippen LogP contribution in [-0.2, 0) is 4.79 Å². The third-order valence-corrected chi connectivity index (χ3v) is 4.19. The van der Waals surface area contributed by atoms with Gasteiger partial charge in [0, 0.05) is 0 Å². The van der Waals surface area contributed by atoms with E-state index in [2.05, 4.69) is 5.32 Å². The van der Waals surface area contributed by atoms with E-state index in [0.29, 0.717) is 17.9 Å². The van der Waals surface area contributed by atoms with Crippen LogP contribution in [0.3, 0.4) is 0 Å². The van der Waals surface area contributed by atoms with Crippen molar-refractivity contribution in [1.82, 2.24) is 10.2 Å². The zero-order valence-corrected chi connectivity index (χ0v) is 16.3. The lowest BCUT2D eigenvalue weighted by Crippen LogP contribution is -2.40. The van der Waals surface area contributed by atoms with Gasteiger partial charge in [-0.25, -0.2) is 4.79 Å². The van der Waals surface area contributed by atoms with E-state index in [9.17, 15) is 14.7 Å². The molecule has 0 unspecified atom stereocenters. The lowest BCUT2D eigenvalue weighted by atomic mass is 10.0. The Labute approximate surface area is 159 Å². The largest absolute Gasteiger partial charge is 0.493 e. The number of benzene rings is 1. The van der Waals surface area contributed by atoms with Crippen LogP contribution in [0.1, 0.15) is 32.8 Å². The Morgan fingerprint density at radius 3 is 2.67 bits per heavy atom. The fraction of sp³-hybridized carbons (Fsp3) is 0.500.